The average Bonchev–Trinajstić information content (AvgIpc) is 2.66. The van der Waals surface area contributed by atoms with Crippen molar-refractivity contribution in [3.8, 4) is 0 Å². The Hall–Kier alpha value is -2.25. The SMILES string of the molecule is C/C(CC(=O)NCC[NH+]1CCOCC1)=N/NC(=O)CCc1ccccc1. The van der Waals surface area contributed by atoms with E-state index in [1.54, 1.807) is 6.92 Å². The van der Waals surface area contributed by atoms with E-state index in [1.807, 2.05) is 30.3 Å². The molecule has 1 saturated heterocycles. The predicted octanol–water partition coefficient (Wildman–Crippen LogP) is -0.467. The zero-order chi connectivity index (χ0) is 18.6. The van der Waals surface area contributed by atoms with Crippen LogP contribution >= 0.6 is 0 Å². The van der Waals surface area contributed by atoms with E-state index in [0.29, 0.717) is 25.1 Å². The molecule has 2 amide bonds. The van der Waals surface area contributed by atoms with Crippen LogP contribution in [0.15, 0.2) is 35.4 Å². The number of carbonyl (C=O) groups excluding carboxylic acids is 2. The summed E-state index contributed by atoms with van der Waals surface area (Å²) in [7, 11) is 0. The second-order valence-electron chi connectivity index (χ2n) is 6.51. The van der Waals surface area contributed by atoms with Gasteiger partial charge in [0, 0.05) is 12.1 Å². The smallest absolute Gasteiger partial charge is 0.240 e. The van der Waals surface area contributed by atoms with Crippen molar-refractivity contribution < 1.29 is 19.2 Å². The number of aryl methyl sites for hydroxylation is 1. The minimum Gasteiger partial charge on any atom is -0.370 e. The molecule has 0 radical (unpaired) electrons. The number of benzene rings is 1. The molecule has 2 rings (SSSR count). The lowest BCUT2D eigenvalue weighted by Crippen LogP contribution is -3.14. The number of hydrogen-bond acceptors (Lipinski definition) is 4. The molecule has 0 atom stereocenters. The highest BCUT2D eigenvalue weighted by Crippen LogP contribution is 2.02. The summed E-state index contributed by atoms with van der Waals surface area (Å²) in [6.07, 6.45) is 1.23. The molecule has 7 nitrogen and oxygen atoms in total. The molecule has 0 bridgehead atoms. The summed E-state index contributed by atoms with van der Waals surface area (Å²) in [5, 5.41) is 6.91. The lowest BCUT2D eigenvalue weighted by molar-refractivity contribution is -0.906. The van der Waals surface area contributed by atoms with Crippen molar-refractivity contribution in [2.24, 2.45) is 5.10 Å². The Balaban J connectivity index is 1.58. The van der Waals surface area contributed by atoms with E-state index in [-0.39, 0.29) is 18.2 Å². The number of carbonyl (C=O) groups is 2. The first kappa shape index (κ1) is 20.1. The number of amides is 2. The summed E-state index contributed by atoms with van der Waals surface area (Å²) < 4.78 is 5.31. The van der Waals surface area contributed by atoms with Gasteiger partial charge in [0.15, 0.2) is 0 Å². The largest absolute Gasteiger partial charge is 0.370 e. The Morgan fingerprint density at radius 3 is 2.62 bits per heavy atom. The molecule has 7 heteroatoms. The topological polar surface area (TPSA) is 84.2 Å². The summed E-state index contributed by atoms with van der Waals surface area (Å²) in [6, 6.07) is 9.84. The van der Waals surface area contributed by atoms with Gasteiger partial charge in [0.1, 0.15) is 13.1 Å². The van der Waals surface area contributed by atoms with Crippen molar-refractivity contribution in [1.29, 1.82) is 0 Å². The van der Waals surface area contributed by atoms with Gasteiger partial charge in [0.25, 0.3) is 0 Å². The summed E-state index contributed by atoms with van der Waals surface area (Å²) in [6.45, 7) is 6.85. The molecule has 0 saturated carbocycles. The Morgan fingerprint density at radius 1 is 1.15 bits per heavy atom. The van der Waals surface area contributed by atoms with Gasteiger partial charge in [-0.2, -0.15) is 5.10 Å². The minimum absolute atomic E-state index is 0.0718. The van der Waals surface area contributed by atoms with Gasteiger partial charge in [-0.25, -0.2) is 5.43 Å². The molecule has 0 spiro atoms. The van der Waals surface area contributed by atoms with Gasteiger partial charge < -0.3 is 15.0 Å². The number of hydrazone groups is 1. The molecule has 1 aromatic carbocycles. The fourth-order valence-corrected chi connectivity index (χ4v) is 2.74. The van der Waals surface area contributed by atoms with Gasteiger partial charge in [0.05, 0.1) is 32.7 Å². The molecule has 1 aliphatic heterocycles. The maximum absolute atomic E-state index is 11.9. The van der Waals surface area contributed by atoms with Crippen molar-refractivity contribution in [2.75, 3.05) is 39.4 Å². The van der Waals surface area contributed by atoms with Crippen LogP contribution in [0.1, 0.15) is 25.3 Å². The van der Waals surface area contributed by atoms with E-state index in [0.717, 1.165) is 38.4 Å². The van der Waals surface area contributed by atoms with Crippen molar-refractivity contribution in [1.82, 2.24) is 10.7 Å². The lowest BCUT2D eigenvalue weighted by Gasteiger charge is -2.23. The third kappa shape index (κ3) is 8.22. The van der Waals surface area contributed by atoms with Crippen LogP contribution in [0.3, 0.4) is 0 Å². The van der Waals surface area contributed by atoms with E-state index in [4.69, 9.17) is 4.74 Å². The molecule has 1 aromatic rings. The zero-order valence-corrected chi connectivity index (χ0v) is 15.4. The third-order valence-corrected chi connectivity index (χ3v) is 4.27. The molecular weight excluding hydrogens is 332 g/mol. The van der Waals surface area contributed by atoms with Gasteiger partial charge in [0.2, 0.25) is 11.8 Å². The highest BCUT2D eigenvalue weighted by Gasteiger charge is 2.13. The van der Waals surface area contributed by atoms with Crippen LogP contribution < -0.4 is 15.6 Å². The second-order valence-corrected chi connectivity index (χ2v) is 6.51. The summed E-state index contributed by atoms with van der Waals surface area (Å²) in [5.74, 6) is -0.220. The number of quaternary nitrogens is 1. The number of nitrogens with one attached hydrogen (secondary N) is 3. The quantitative estimate of drug-likeness (QED) is 0.411. The average molecular weight is 361 g/mol. The molecule has 1 aliphatic rings. The van der Waals surface area contributed by atoms with Crippen LogP contribution in [0.5, 0.6) is 0 Å². The summed E-state index contributed by atoms with van der Waals surface area (Å²) in [4.78, 5) is 25.2. The minimum atomic E-state index is -0.149. The van der Waals surface area contributed by atoms with E-state index < -0.39 is 0 Å². The van der Waals surface area contributed by atoms with Gasteiger partial charge in [-0.05, 0) is 18.9 Å². The van der Waals surface area contributed by atoms with Crippen LogP contribution in [-0.2, 0) is 20.7 Å². The fraction of sp³-hybridized carbons (Fsp3) is 0.526. The lowest BCUT2D eigenvalue weighted by atomic mass is 10.1. The van der Waals surface area contributed by atoms with Gasteiger partial charge in [-0.3, -0.25) is 9.59 Å². The number of ether oxygens (including phenoxy) is 1. The molecule has 3 N–H and O–H groups in total. The number of rotatable bonds is 9. The van der Waals surface area contributed by atoms with E-state index in [2.05, 4.69) is 15.8 Å². The molecule has 0 unspecified atom stereocenters. The fourth-order valence-electron chi connectivity index (χ4n) is 2.74. The Bertz CT molecular complexity index is 598. The Labute approximate surface area is 154 Å². The molecule has 1 heterocycles. The first-order valence-corrected chi connectivity index (χ1v) is 9.17. The number of morpholine rings is 1. The van der Waals surface area contributed by atoms with Gasteiger partial charge in [-0.15, -0.1) is 0 Å². The van der Waals surface area contributed by atoms with Crippen LogP contribution in [0, 0.1) is 0 Å². The molecule has 26 heavy (non-hydrogen) atoms. The van der Waals surface area contributed by atoms with Crippen molar-refractivity contribution in [2.45, 2.75) is 26.2 Å². The van der Waals surface area contributed by atoms with Crippen LogP contribution in [-0.4, -0.2) is 56.9 Å². The normalized spacial score (nSPS) is 15.5. The molecule has 1 fully saturated rings. The van der Waals surface area contributed by atoms with Crippen LogP contribution in [0.4, 0.5) is 0 Å². The van der Waals surface area contributed by atoms with Crippen LogP contribution in [0.25, 0.3) is 0 Å². The molecule has 0 aromatic heterocycles. The Kier molecular flexibility index (Phi) is 8.78. The molecular formula is C19H29N4O3+. The molecule has 0 aliphatic carbocycles. The van der Waals surface area contributed by atoms with E-state index in [9.17, 15) is 9.59 Å². The third-order valence-electron chi connectivity index (χ3n) is 4.27. The standard InChI is InChI=1S/C19H28N4O3/c1-16(15-19(25)20-9-10-23-11-13-26-14-12-23)21-22-18(24)8-7-17-5-3-2-4-6-17/h2-6H,7-15H2,1H3,(H,20,25)(H,22,24)/p+1/b21-16-. The summed E-state index contributed by atoms with van der Waals surface area (Å²) >= 11 is 0. The zero-order valence-electron chi connectivity index (χ0n) is 15.4. The highest BCUT2D eigenvalue weighted by atomic mass is 16.5. The maximum atomic E-state index is 11.9. The molecule has 142 valence electrons. The van der Waals surface area contributed by atoms with Gasteiger partial charge >= 0.3 is 0 Å². The highest BCUT2D eigenvalue weighted by molar-refractivity contribution is 6.00. The van der Waals surface area contributed by atoms with Gasteiger partial charge in [-0.1, -0.05) is 30.3 Å². The van der Waals surface area contributed by atoms with E-state index >= 15 is 0 Å². The van der Waals surface area contributed by atoms with Crippen molar-refractivity contribution in [3.05, 3.63) is 35.9 Å². The first-order valence-electron chi connectivity index (χ1n) is 9.17. The predicted molar refractivity (Wildman–Crippen MR) is 100 cm³/mol. The monoisotopic (exact) mass is 361 g/mol. The van der Waals surface area contributed by atoms with Crippen LogP contribution in [0.2, 0.25) is 0 Å². The van der Waals surface area contributed by atoms with E-state index in [1.165, 1.54) is 4.90 Å². The number of hydrogen-bond donors (Lipinski definition) is 3. The van der Waals surface area contributed by atoms with Crippen molar-refractivity contribution >= 4 is 17.5 Å². The number of nitrogens with zero attached hydrogens (tertiary/aromatic N) is 1. The summed E-state index contributed by atoms with van der Waals surface area (Å²) in [5.41, 5.74) is 4.22. The van der Waals surface area contributed by atoms with Crippen molar-refractivity contribution in [3.63, 3.8) is 0 Å². The Morgan fingerprint density at radius 2 is 1.88 bits per heavy atom. The second kappa shape index (κ2) is 11.4. The first-order chi connectivity index (χ1) is 12.6. The maximum Gasteiger partial charge on any atom is 0.240 e.